The van der Waals surface area contributed by atoms with Crippen LogP contribution in [0, 0.1) is 11.3 Å². The number of nitrogens with one attached hydrogen (secondary N) is 1. The largest absolute Gasteiger partial charge is 0.380 e. The predicted molar refractivity (Wildman–Crippen MR) is 65.3 cm³/mol. The minimum absolute atomic E-state index is 0.167. The Balaban J connectivity index is 2.12. The number of nitrogens with zero attached hydrogens (tertiary/aromatic N) is 1. The standard InChI is InChI=1S/C12H14N2O3S/c13-8-10-3-5-12(6-4-10)18(15,16)14-11-2-1-7-17-9-11/h3-6,11,14H,1-2,7,9H2. The molecule has 0 bridgehead atoms. The van der Waals surface area contributed by atoms with E-state index < -0.39 is 10.0 Å². The number of nitriles is 1. The molecule has 0 amide bonds. The summed E-state index contributed by atoms with van der Waals surface area (Å²) in [6.07, 6.45) is 1.65. The second-order valence-corrected chi connectivity index (χ2v) is 5.89. The van der Waals surface area contributed by atoms with Crippen LogP contribution in [0.5, 0.6) is 0 Å². The molecule has 0 saturated carbocycles. The normalized spacial score (nSPS) is 20.3. The third-order valence-corrected chi connectivity index (χ3v) is 4.31. The Labute approximate surface area is 106 Å². The third-order valence-electron chi connectivity index (χ3n) is 2.78. The highest BCUT2D eigenvalue weighted by Gasteiger charge is 2.22. The van der Waals surface area contributed by atoms with E-state index in [9.17, 15) is 8.42 Å². The average Bonchev–Trinajstić information content (AvgIpc) is 2.39. The molecule has 0 spiro atoms. The van der Waals surface area contributed by atoms with Crippen LogP contribution in [0.2, 0.25) is 0 Å². The first-order valence-electron chi connectivity index (χ1n) is 5.72. The molecule has 96 valence electrons. The van der Waals surface area contributed by atoms with E-state index in [1.165, 1.54) is 24.3 Å². The zero-order valence-corrected chi connectivity index (χ0v) is 10.6. The van der Waals surface area contributed by atoms with Crippen molar-refractivity contribution in [2.24, 2.45) is 0 Å². The Bertz CT molecular complexity index is 540. The van der Waals surface area contributed by atoms with Crippen LogP contribution in [0.3, 0.4) is 0 Å². The van der Waals surface area contributed by atoms with Crippen LogP contribution in [0.15, 0.2) is 29.2 Å². The molecule has 1 aromatic rings. The molecule has 5 nitrogen and oxygen atoms in total. The van der Waals surface area contributed by atoms with Gasteiger partial charge >= 0.3 is 0 Å². The van der Waals surface area contributed by atoms with E-state index in [0.29, 0.717) is 18.8 Å². The summed E-state index contributed by atoms with van der Waals surface area (Å²) in [6, 6.07) is 7.64. The molecule has 1 aromatic carbocycles. The van der Waals surface area contributed by atoms with Crippen molar-refractivity contribution in [3.63, 3.8) is 0 Å². The molecular weight excluding hydrogens is 252 g/mol. The number of hydrogen-bond acceptors (Lipinski definition) is 4. The van der Waals surface area contributed by atoms with Crippen molar-refractivity contribution in [1.82, 2.24) is 4.72 Å². The Morgan fingerprint density at radius 2 is 2.06 bits per heavy atom. The summed E-state index contributed by atoms with van der Waals surface area (Å²) in [5.74, 6) is 0. The highest BCUT2D eigenvalue weighted by atomic mass is 32.2. The molecule has 0 radical (unpaired) electrons. The molecule has 1 fully saturated rings. The average molecular weight is 266 g/mol. The van der Waals surface area contributed by atoms with Gasteiger partial charge in [-0.15, -0.1) is 0 Å². The van der Waals surface area contributed by atoms with Crippen LogP contribution in [0.25, 0.3) is 0 Å². The molecule has 1 aliphatic rings. The fourth-order valence-electron chi connectivity index (χ4n) is 1.83. The maximum Gasteiger partial charge on any atom is 0.240 e. The Morgan fingerprint density at radius 3 is 2.61 bits per heavy atom. The van der Waals surface area contributed by atoms with Crippen molar-refractivity contribution in [2.45, 2.75) is 23.8 Å². The van der Waals surface area contributed by atoms with Gasteiger partial charge in [0, 0.05) is 12.6 Å². The van der Waals surface area contributed by atoms with Gasteiger partial charge in [-0.3, -0.25) is 0 Å². The summed E-state index contributed by atoms with van der Waals surface area (Å²) in [5.41, 5.74) is 0.440. The van der Waals surface area contributed by atoms with Gasteiger partial charge < -0.3 is 4.74 Å². The molecule has 2 rings (SSSR count). The smallest absolute Gasteiger partial charge is 0.240 e. The van der Waals surface area contributed by atoms with Gasteiger partial charge in [-0.1, -0.05) is 0 Å². The summed E-state index contributed by atoms with van der Waals surface area (Å²) < 4.78 is 31.9. The number of benzene rings is 1. The molecule has 0 aromatic heterocycles. The van der Waals surface area contributed by atoms with Gasteiger partial charge in [0.25, 0.3) is 0 Å². The lowest BCUT2D eigenvalue weighted by Gasteiger charge is -2.22. The molecular formula is C12H14N2O3S. The molecule has 1 saturated heterocycles. The first-order chi connectivity index (χ1) is 8.62. The molecule has 1 atom stereocenters. The first kappa shape index (κ1) is 13.0. The monoisotopic (exact) mass is 266 g/mol. The van der Waals surface area contributed by atoms with Crippen LogP contribution in [-0.2, 0) is 14.8 Å². The summed E-state index contributed by atoms with van der Waals surface area (Å²) in [4.78, 5) is 0.173. The topological polar surface area (TPSA) is 79.2 Å². The van der Waals surface area contributed by atoms with E-state index in [1.807, 2.05) is 6.07 Å². The van der Waals surface area contributed by atoms with E-state index >= 15 is 0 Å². The van der Waals surface area contributed by atoms with Gasteiger partial charge in [0.1, 0.15) is 0 Å². The Morgan fingerprint density at radius 1 is 1.33 bits per heavy atom. The summed E-state index contributed by atoms with van der Waals surface area (Å²) >= 11 is 0. The summed E-state index contributed by atoms with van der Waals surface area (Å²) in [7, 11) is -3.52. The van der Waals surface area contributed by atoms with Gasteiger partial charge in [-0.2, -0.15) is 5.26 Å². The zero-order chi connectivity index (χ0) is 13.0. The number of ether oxygens (including phenoxy) is 1. The van der Waals surface area contributed by atoms with Crippen molar-refractivity contribution < 1.29 is 13.2 Å². The van der Waals surface area contributed by atoms with Gasteiger partial charge in [0.2, 0.25) is 10.0 Å². The predicted octanol–water partition coefficient (Wildman–Crippen LogP) is 1.02. The second-order valence-electron chi connectivity index (χ2n) is 4.17. The summed E-state index contributed by atoms with van der Waals surface area (Å²) in [6.45, 7) is 1.10. The fraction of sp³-hybridized carbons (Fsp3) is 0.417. The van der Waals surface area contributed by atoms with Crippen molar-refractivity contribution >= 4 is 10.0 Å². The van der Waals surface area contributed by atoms with E-state index in [0.717, 1.165) is 12.8 Å². The van der Waals surface area contributed by atoms with E-state index in [1.54, 1.807) is 0 Å². The van der Waals surface area contributed by atoms with Crippen molar-refractivity contribution in [2.75, 3.05) is 13.2 Å². The van der Waals surface area contributed by atoms with Crippen LogP contribution < -0.4 is 4.72 Å². The maximum atomic E-state index is 12.1. The maximum absolute atomic E-state index is 12.1. The van der Waals surface area contributed by atoms with Crippen LogP contribution in [0.4, 0.5) is 0 Å². The highest BCUT2D eigenvalue weighted by molar-refractivity contribution is 7.89. The number of sulfonamides is 1. The van der Waals surface area contributed by atoms with Crippen LogP contribution in [0.1, 0.15) is 18.4 Å². The molecule has 18 heavy (non-hydrogen) atoms. The fourth-order valence-corrected chi connectivity index (χ4v) is 3.08. The van der Waals surface area contributed by atoms with Crippen molar-refractivity contribution in [3.8, 4) is 6.07 Å². The lowest BCUT2D eigenvalue weighted by Crippen LogP contribution is -2.40. The molecule has 0 aliphatic carbocycles. The van der Waals surface area contributed by atoms with Crippen LogP contribution in [-0.4, -0.2) is 27.7 Å². The molecule has 1 N–H and O–H groups in total. The molecule has 6 heteroatoms. The van der Waals surface area contributed by atoms with Crippen LogP contribution >= 0.6 is 0 Å². The summed E-state index contributed by atoms with van der Waals surface area (Å²) in [5, 5.41) is 8.66. The number of rotatable bonds is 3. The highest BCUT2D eigenvalue weighted by Crippen LogP contribution is 2.13. The van der Waals surface area contributed by atoms with Crippen molar-refractivity contribution in [3.05, 3.63) is 29.8 Å². The van der Waals surface area contributed by atoms with Gasteiger partial charge in [-0.05, 0) is 37.1 Å². The van der Waals surface area contributed by atoms with E-state index in [-0.39, 0.29) is 10.9 Å². The second kappa shape index (κ2) is 5.48. The van der Waals surface area contributed by atoms with Gasteiger partial charge in [0.05, 0.1) is 23.1 Å². The first-order valence-corrected chi connectivity index (χ1v) is 7.20. The number of hydrogen-bond donors (Lipinski definition) is 1. The Kier molecular flexibility index (Phi) is 3.97. The lowest BCUT2D eigenvalue weighted by atomic mass is 10.1. The molecule has 1 heterocycles. The van der Waals surface area contributed by atoms with E-state index in [2.05, 4.69) is 4.72 Å². The third kappa shape index (κ3) is 3.07. The lowest BCUT2D eigenvalue weighted by molar-refractivity contribution is 0.0774. The van der Waals surface area contributed by atoms with Crippen molar-refractivity contribution in [1.29, 1.82) is 5.26 Å². The zero-order valence-electron chi connectivity index (χ0n) is 9.80. The minimum Gasteiger partial charge on any atom is -0.380 e. The van der Waals surface area contributed by atoms with Gasteiger partial charge in [0.15, 0.2) is 0 Å². The minimum atomic E-state index is -3.52. The Hall–Kier alpha value is -1.42. The van der Waals surface area contributed by atoms with E-state index in [4.69, 9.17) is 10.00 Å². The molecule has 1 aliphatic heterocycles. The SMILES string of the molecule is N#Cc1ccc(S(=O)(=O)NC2CCCOC2)cc1. The van der Waals surface area contributed by atoms with Gasteiger partial charge in [-0.25, -0.2) is 13.1 Å². The molecule has 1 unspecified atom stereocenters. The quantitative estimate of drug-likeness (QED) is 0.885.